The summed E-state index contributed by atoms with van der Waals surface area (Å²) in [4.78, 5) is 12.1. The lowest BCUT2D eigenvalue weighted by Crippen LogP contribution is -2.11. The number of ether oxygens (including phenoxy) is 2. The van der Waals surface area contributed by atoms with E-state index < -0.39 is 29.3 Å². The Balaban J connectivity index is 1.82. The second kappa shape index (κ2) is 9.85. The summed E-state index contributed by atoms with van der Waals surface area (Å²) in [6, 6.07) is 15.6. The molecule has 4 aromatic rings. The highest BCUT2D eigenvalue weighted by atomic mass is 19.4. The molecule has 0 unspecified atom stereocenters. The first-order valence-corrected chi connectivity index (χ1v) is 10.7. The smallest absolute Gasteiger partial charge is 0.416 e. The predicted octanol–water partition coefficient (Wildman–Crippen LogP) is 7.12. The predicted molar refractivity (Wildman–Crippen MR) is 123 cm³/mol. The van der Waals surface area contributed by atoms with Crippen LogP contribution in [0.4, 0.5) is 22.0 Å². The lowest BCUT2D eigenvalue weighted by Gasteiger charge is -2.18. The minimum Gasteiger partial charge on any atom is -0.488 e. The molecule has 186 valence electrons. The van der Waals surface area contributed by atoms with Crippen molar-refractivity contribution < 1.29 is 36.2 Å². The number of carbonyl (C=O) groups excluding carboxylic acids is 1. The largest absolute Gasteiger partial charge is 0.488 e. The first kappa shape index (κ1) is 25.0. The topological polar surface area (TPSA) is 40.5 Å². The summed E-state index contributed by atoms with van der Waals surface area (Å²) in [7, 11) is 1.08. The van der Waals surface area contributed by atoms with Crippen molar-refractivity contribution in [3.8, 4) is 22.7 Å². The number of hydrogen-bond acceptors (Lipinski definition) is 3. The maximum Gasteiger partial charge on any atom is 0.416 e. The Kier molecular flexibility index (Phi) is 6.83. The van der Waals surface area contributed by atoms with Crippen molar-refractivity contribution in [3.05, 3.63) is 107 Å². The van der Waals surface area contributed by atoms with Gasteiger partial charge in [0.2, 0.25) is 0 Å². The van der Waals surface area contributed by atoms with Gasteiger partial charge in [-0.25, -0.2) is 13.6 Å². The van der Waals surface area contributed by atoms with E-state index >= 15 is 0 Å². The number of aryl methyl sites for hydroxylation is 1. The van der Waals surface area contributed by atoms with Crippen LogP contribution in [0.25, 0.3) is 16.9 Å². The van der Waals surface area contributed by atoms with E-state index in [4.69, 9.17) is 4.74 Å². The Morgan fingerprint density at radius 3 is 2.25 bits per heavy atom. The van der Waals surface area contributed by atoms with Crippen molar-refractivity contribution in [1.82, 2.24) is 4.57 Å². The summed E-state index contributed by atoms with van der Waals surface area (Å²) in [6.07, 6.45) is -4.72. The second-order valence-electron chi connectivity index (χ2n) is 8.01. The first-order valence-electron chi connectivity index (χ1n) is 10.7. The minimum absolute atomic E-state index is 0.0384. The van der Waals surface area contributed by atoms with E-state index in [1.807, 2.05) is 0 Å². The summed E-state index contributed by atoms with van der Waals surface area (Å²) < 4.78 is 80.4. The molecule has 0 N–H and O–H groups in total. The third kappa shape index (κ3) is 5.25. The quantitative estimate of drug-likeness (QED) is 0.209. The van der Waals surface area contributed by atoms with Gasteiger partial charge in [-0.3, -0.25) is 0 Å². The lowest BCUT2D eigenvalue weighted by atomic mass is 10.1. The summed E-state index contributed by atoms with van der Waals surface area (Å²) in [5, 5.41) is 0. The van der Waals surface area contributed by atoms with Crippen molar-refractivity contribution in [2.24, 2.45) is 0 Å². The van der Waals surface area contributed by atoms with Gasteiger partial charge in [0, 0.05) is 16.9 Å². The molecular formula is C27H20F5NO3. The van der Waals surface area contributed by atoms with Crippen LogP contribution < -0.4 is 4.74 Å². The molecule has 0 aliphatic carbocycles. The molecule has 0 fully saturated rings. The monoisotopic (exact) mass is 501 g/mol. The van der Waals surface area contributed by atoms with Gasteiger partial charge in [0.05, 0.1) is 23.9 Å². The molecule has 0 atom stereocenters. The maximum atomic E-state index is 14.3. The molecule has 9 heteroatoms. The van der Waals surface area contributed by atoms with Crippen LogP contribution in [0.1, 0.15) is 27.2 Å². The van der Waals surface area contributed by atoms with E-state index in [1.165, 1.54) is 41.0 Å². The summed E-state index contributed by atoms with van der Waals surface area (Å²) in [5.74, 6) is -1.64. The van der Waals surface area contributed by atoms with Gasteiger partial charge in [0.1, 0.15) is 24.0 Å². The number of carbonyl (C=O) groups is 1. The SMILES string of the molecule is COC(=O)c1cc(-n2c(C)ccc2-c2cc(F)ccc2OCc2ccc(F)cc2)cc(C(F)(F)F)c1. The molecule has 0 aliphatic rings. The number of esters is 1. The minimum atomic E-state index is -4.72. The van der Waals surface area contributed by atoms with Crippen molar-refractivity contribution in [1.29, 1.82) is 0 Å². The normalized spacial score (nSPS) is 11.4. The molecule has 0 spiro atoms. The van der Waals surface area contributed by atoms with Crippen molar-refractivity contribution in [2.75, 3.05) is 7.11 Å². The Morgan fingerprint density at radius 2 is 1.58 bits per heavy atom. The van der Waals surface area contributed by atoms with Crippen LogP contribution in [0.2, 0.25) is 0 Å². The van der Waals surface area contributed by atoms with Crippen LogP contribution in [0.5, 0.6) is 5.75 Å². The Labute approximate surface area is 203 Å². The van der Waals surface area contributed by atoms with E-state index in [0.29, 0.717) is 23.0 Å². The zero-order valence-electron chi connectivity index (χ0n) is 19.2. The van der Waals surface area contributed by atoms with Crippen LogP contribution in [-0.2, 0) is 17.5 Å². The van der Waals surface area contributed by atoms with E-state index in [2.05, 4.69) is 4.74 Å². The number of benzene rings is 3. The van der Waals surface area contributed by atoms with E-state index in [-0.39, 0.29) is 29.2 Å². The van der Waals surface area contributed by atoms with Gasteiger partial charge < -0.3 is 14.0 Å². The highest BCUT2D eigenvalue weighted by molar-refractivity contribution is 5.90. The molecule has 0 amide bonds. The fourth-order valence-corrected chi connectivity index (χ4v) is 3.80. The molecule has 0 saturated carbocycles. The average Bonchev–Trinajstić information content (AvgIpc) is 3.24. The number of alkyl halides is 3. The fraction of sp³-hybridized carbons (Fsp3) is 0.148. The zero-order valence-corrected chi connectivity index (χ0v) is 19.2. The number of rotatable bonds is 6. The van der Waals surface area contributed by atoms with Crippen molar-refractivity contribution in [2.45, 2.75) is 19.7 Å². The number of aromatic nitrogens is 1. The Bertz CT molecular complexity index is 1410. The summed E-state index contributed by atoms with van der Waals surface area (Å²) >= 11 is 0. The molecule has 1 heterocycles. The van der Waals surface area contributed by atoms with Crippen LogP contribution in [0.15, 0.2) is 72.8 Å². The van der Waals surface area contributed by atoms with Gasteiger partial charge in [0.15, 0.2) is 0 Å². The van der Waals surface area contributed by atoms with Gasteiger partial charge in [0.25, 0.3) is 0 Å². The summed E-state index contributed by atoms with van der Waals surface area (Å²) in [6.45, 7) is 1.72. The van der Waals surface area contributed by atoms with E-state index in [9.17, 15) is 26.7 Å². The van der Waals surface area contributed by atoms with E-state index in [1.54, 1.807) is 31.2 Å². The Hall–Kier alpha value is -4.14. The maximum absolute atomic E-state index is 14.3. The summed E-state index contributed by atoms with van der Waals surface area (Å²) in [5.41, 5.74) is 0.544. The number of nitrogens with zero attached hydrogens (tertiary/aromatic N) is 1. The van der Waals surface area contributed by atoms with Gasteiger partial charge in [-0.1, -0.05) is 12.1 Å². The number of hydrogen-bond donors (Lipinski definition) is 0. The first-order chi connectivity index (χ1) is 17.1. The van der Waals surface area contributed by atoms with Gasteiger partial charge in [-0.2, -0.15) is 13.2 Å². The Morgan fingerprint density at radius 1 is 0.889 bits per heavy atom. The molecule has 4 rings (SSSR count). The van der Waals surface area contributed by atoms with Gasteiger partial charge >= 0.3 is 12.1 Å². The van der Waals surface area contributed by atoms with Gasteiger partial charge in [-0.05, 0) is 73.2 Å². The van der Waals surface area contributed by atoms with Crippen molar-refractivity contribution >= 4 is 5.97 Å². The number of methoxy groups -OCH3 is 1. The molecule has 4 nitrogen and oxygen atoms in total. The molecule has 0 aliphatic heterocycles. The highest BCUT2D eigenvalue weighted by Gasteiger charge is 2.32. The van der Waals surface area contributed by atoms with E-state index in [0.717, 1.165) is 13.2 Å². The molecule has 0 radical (unpaired) electrons. The molecular weight excluding hydrogens is 481 g/mol. The number of halogens is 5. The zero-order chi connectivity index (χ0) is 26.0. The lowest BCUT2D eigenvalue weighted by molar-refractivity contribution is -0.137. The van der Waals surface area contributed by atoms with Crippen LogP contribution in [0, 0.1) is 18.6 Å². The third-order valence-corrected chi connectivity index (χ3v) is 5.53. The highest BCUT2D eigenvalue weighted by Crippen LogP contribution is 2.37. The van der Waals surface area contributed by atoms with Crippen molar-refractivity contribution in [3.63, 3.8) is 0 Å². The third-order valence-electron chi connectivity index (χ3n) is 5.53. The van der Waals surface area contributed by atoms with Crippen LogP contribution in [0.3, 0.4) is 0 Å². The standard InChI is InChI=1S/C27H20F5NO3/c1-16-3-9-24(33(16)22-12-18(26(34)35-2)11-19(13-22)27(30,31)32)23-14-21(29)8-10-25(23)36-15-17-4-6-20(28)7-5-17/h3-14H,15H2,1-2H3. The van der Waals surface area contributed by atoms with Crippen LogP contribution >= 0.6 is 0 Å². The second-order valence-corrected chi connectivity index (χ2v) is 8.01. The molecule has 3 aromatic carbocycles. The average molecular weight is 501 g/mol. The molecule has 1 aromatic heterocycles. The molecule has 0 bridgehead atoms. The van der Waals surface area contributed by atoms with Crippen LogP contribution in [-0.4, -0.2) is 17.6 Å². The molecule has 0 saturated heterocycles. The fourth-order valence-electron chi connectivity index (χ4n) is 3.80. The van der Waals surface area contributed by atoms with Gasteiger partial charge in [-0.15, -0.1) is 0 Å². The molecule has 36 heavy (non-hydrogen) atoms.